The highest BCUT2D eigenvalue weighted by molar-refractivity contribution is 5.97. The van der Waals surface area contributed by atoms with Crippen molar-refractivity contribution in [2.75, 3.05) is 7.11 Å². The van der Waals surface area contributed by atoms with Gasteiger partial charge in [0.1, 0.15) is 5.92 Å². The third kappa shape index (κ3) is 2.72. The second-order valence-corrected chi connectivity index (χ2v) is 3.97. The van der Waals surface area contributed by atoms with E-state index in [-0.39, 0.29) is 11.4 Å². The highest BCUT2D eigenvalue weighted by Gasteiger charge is 2.52. The summed E-state index contributed by atoms with van der Waals surface area (Å²) >= 11 is 0. The van der Waals surface area contributed by atoms with Crippen LogP contribution in [0.15, 0.2) is 22.5 Å². The molecule has 0 aromatic carbocycles. The molecule has 0 saturated carbocycles. The molecule has 1 unspecified atom stereocenters. The lowest BCUT2D eigenvalue weighted by atomic mass is 9.85. The van der Waals surface area contributed by atoms with E-state index >= 15 is 0 Å². The fourth-order valence-electron chi connectivity index (χ4n) is 1.99. The summed E-state index contributed by atoms with van der Waals surface area (Å²) in [6, 6.07) is 0. The molecular weight excluding hydrogens is 267 g/mol. The summed E-state index contributed by atoms with van der Waals surface area (Å²) < 4.78 is 43.5. The van der Waals surface area contributed by atoms with Gasteiger partial charge in [-0.05, 0) is 13.8 Å². The number of alkyl halides is 3. The standard InChI is InChI=1S/C11H12F3NO4/c1-4-6(9(16)17)8(11(12,13)14)7(5(2)15-4)10(18)19-3/h8,15H,1-3H3,(H,16,17). The Labute approximate surface area is 106 Å². The van der Waals surface area contributed by atoms with Crippen molar-refractivity contribution in [3.8, 4) is 0 Å². The number of rotatable bonds is 2. The largest absolute Gasteiger partial charge is 0.478 e. The maximum absolute atomic E-state index is 13.1. The van der Waals surface area contributed by atoms with Gasteiger partial charge in [0, 0.05) is 11.4 Å². The van der Waals surface area contributed by atoms with E-state index in [2.05, 4.69) is 10.1 Å². The number of esters is 1. The Bertz CT molecular complexity index is 491. The number of allylic oxidation sites excluding steroid dienone is 2. The maximum Gasteiger partial charge on any atom is 0.400 e. The fraction of sp³-hybridized carbons (Fsp3) is 0.455. The molecule has 106 valence electrons. The minimum Gasteiger partial charge on any atom is -0.478 e. The summed E-state index contributed by atoms with van der Waals surface area (Å²) in [5, 5.41) is 11.4. The molecule has 2 N–H and O–H groups in total. The number of carboxylic acid groups (broad SMARTS) is 1. The molecule has 0 fully saturated rings. The molecule has 19 heavy (non-hydrogen) atoms. The van der Waals surface area contributed by atoms with Gasteiger partial charge in [0.15, 0.2) is 0 Å². The Kier molecular flexibility index (Phi) is 3.92. The van der Waals surface area contributed by atoms with Crippen molar-refractivity contribution in [3.05, 3.63) is 22.5 Å². The minimum absolute atomic E-state index is 0.0725. The van der Waals surface area contributed by atoms with Crippen LogP contribution >= 0.6 is 0 Å². The first-order chi connectivity index (χ1) is 8.61. The minimum atomic E-state index is -4.90. The lowest BCUT2D eigenvalue weighted by molar-refractivity contribution is -0.167. The van der Waals surface area contributed by atoms with E-state index in [1.807, 2.05) is 0 Å². The van der Waals surface area contributed by atoms with Crippen LogP contribution in [0.2, 0.25) is 0 Å². The van der Waals surface area contributed by atoms with Gasteiger partial charge in [-0.2, -0.15) is 13.2 Å². The normalized spacial score (nSPS) is 20.2. The van der Waals surface area contributed by atoms with Crippen LogP contribution in [0, 0.1) is 5.92 Å². The van der Waals surface area contributed by atoms with Gasteiger partial charge < -0.3 is 15.2 Å². The Hall–Kier alpha value is -1.99. The molecule has 0 aromatic rings. The van der Waals surface area contributed by atoms with Crippen LogP contribution in [0.5, 0.6) is 0 Å². The van der Waals surface area contributed by atoms with Crippen LogP contribution in [-0.4, -0.2) is 30.3 Å². The van der Waals surface area contributed by atoms with Crippen LogP contribution in [-0.2, 0) is 14.3 Å². The molecular formula is C11H12F3NO4. The van der Waals surface area contributed by atoms with Gasteiger partial charge in [0.05, 0.1) is 18.3 Å². The van der Waals surface area contributed by atoms with E-state index in [0.717, 1.165) is 7.11 Å². The highest BCUT2D eigenvalue weighted by atomic mass is 19.4. The summed E-state index contributed by atoms with van der Waals surface area (Å²) in [5.41, 5.74) is -1.87. The Morgan fingerprint density at radius 3 is 2.05 bits per heavy atom. The zero-order valence-corrected chi connectivity index (χ0v) is 10.4. The van der Waals surface area contributed by atoms with Gasteiger partial charge in [-0.1, -0.05) is 0 Å². The number of aliphatic carboxylic acids is 1. The number of carbonyl (C=O) groups is 2. The van der Waals surface area contributed by atoms with E-state index < -0.39 is 35.2 Å². The first-order valence-electron chi connectivity index (χ1n) is 5.18. The number of halogens is 3. The number of ether oxygens (including phenoxy) is 1. The van der Waals surface area contributed by atoms with Crippen LogP contribution in [0.3, 0.4) is 0 Å². The van der Waals surface area contributed by atoms with Crippen LogP contribution in [0.1, 0.15) is 13.8 Å². The molecule has 1 atom stereocenters. The number of hydrogen-bond acceptors (Lipinski definition) is 4. The predicted octanol–water partition coefficient (Wildman–Crippen LogP) is 1.57. The number of dihydropyridines is 1. The molecule has 1 heterocycles. The number of methoxy groups -OCH3 is 1. The quantitative estimate of drug-likeness (QED) is 0.750. The SMILES string of the molecule is COC(=O)C1=C(C)NC(C)=C(C(=O)O)C1C(F)(F)F. The molecule has 0 aliphatic carbocycles. The number of carboxylic acids is 1. The van der Waals surface area contributed by atoms with Crippen LogP contribution < -0.4 is 5.32 Å². The molecule has 5 nitrogen and oxygen atoms in total. The highest BCUT2D eigenvalue weighted by Crippen LogP contribution is 2.42. The topological polar surface area (TPSA) is 75.6 Å². The van der Waals surface area contributed by atoms with Crippen molar-refractivity contribution in [1.82, 2.24) is 5.32 Å². The first kappa shape index (κ1) is 15.1. The lowest BCUT2D eigenvalue weighted by Gasteiger charge is -2.30. The number of carbonyl (C=O) groups excluding carboxylic acids is 1. The molecule has 0 radical (unpaired) electrons. The van der Waals surface area contributed by atoms with Crippen LogP contribution in [0.25, 0.3) is 0 Å². The molecule has 1 rings (SSSR count). The van der Waals surface area contributed by atoms with Gasteiger partial charge in [-0.3, -0.25) is 0 Å². The molecule has 1 aliphatic rings. The summed E-state index contributed by atoms with van der Waals surface area (Å²) in [5.74, 6) is -5.45. The zero-order valence-electron chi connectivity index (χ0n) is 10.4. The van der Waals surface area contributed by atoms with Crippen LogP contribution in [0.4, 0.5) is 13.2 Å². The van der Waals surface area contributed by atoms with Gasteiger partial charge >= 0.3 is 18.1 Å². The van der Waals surface area contributed by atoms with E-state index in [4.69, 9.17) is 5.11 Å². The first-order valence-corrected chi connectivity index (χ1v) is 5.18. The predicted molar refractivity (Wildman–Crippen MR) is 57.7 cm³/mol. The number of hydrogen-bond donors (Lipinski definition) is 2. The third-order valence-corrected chi connectivity index (χ3v) is 2.72. The molecule has 0 saturated heterocycles. The fourth-order valence-corrected chi connectivity index (χ4v) is 1.99. The van der Waals surface area contributed by atoms with Gasteiger partial charge in [-0.25, -0.2) is 9.59 Å². The Morgan fingerprint density at radius 1 is 1.21 bits per heavy atom. The molecule has 0 bridgehead atoms. The van der Waals surface area contributed by atoms with Gasteiger partial charge in [0.2, 0.25) is 0 Å². The Morgan fingerprint density at radius 2 is 1.68 bits per heavy atom. The molecule has 1 aliphatic heterocycles. The smallest absolute Gasteiger partial charge is 0.400 e. The summed E-state index contributed by atoms with van der Waals surface area (Å²) in [4.78, 5) is 22.5. The van der Waals surface area contributed by atoms with Gasteiger partial charge in [-0.15, -0.1) is 0 Å². The molecule has 0 amide bonds. The lowest BCUT2D eigenvalue weighted by Crippen LogP contribution is -2.40. The zero-order chi connectivity index (χ0) is 15.0. The maximum atomic E-state index is 13.1. The van der Waals surface area contributed by atoms with E-state index in [0.29, 0.717) is 0 Å². The van der Waals surface area contributed by atoms with Crippen molar-refractivity contribution in [2.24, 2.45) is 5.92 Å². The van der Waals surface area contributed by atoms with E-state index in [1.165, 1.54) is 13.8 Å². The van der Waals surface area contributed by atoms with E-state index in [1.54, 1.807) is 0 Å². The Balaban J connectivity index is 3.50. The second-order valence-electron chi connectivity index (χ2n) is 3.97. The molecule has 8 heteroatoms. The van der Waals surface area contributed by atoms with Crippen molar-refractivity contribution < 1.29 is 32.6 Å². The van der Waals surface area contributed by atoms with Gasteiger partial charge in [0.25, 0.3) is 0 Å². The molecule has 0 aromatic heterocycles. The van der Waals surface area contributed by atoms with Crippen molar-refractivity contribution >= 4 is 11.9 Å². The summed E-state index contributed by atoms with van der Waals surface area (Å²) in [7, 11) is 0.932. The van der Waals surface area contributed by atoms with Crippen molar-refractivity contribution in [2.45, 2.75) is 20.0 Å². The second kappa shape index (κ2) is 4.94. The summed E-state index contributed by atoms with van der Waals surface area (Å²) in [6.45, 7) is 2.47. The molecule has 0 spiro atoms. The van der Waals surface area contributed by atoms with Crippen molar-refractivity contribution in [3.63, 3.8) is 0 Å². The monoisotopic (exact) mass is 279 g/mol. The van der Waals surface area contributed by atoms with Crippen molar-refractivity contribution in [1.29, 1.82) is 0 Å². The average molecular weight is 279 g/mol. The third-order valence-electron chi connectivity index (χ3n) is 2.72. The average Bonchev–Trinajstić information content (AvgIpc) is 2.25. The number of nitrogens with one attached hydrogen (secondary N) is 1. The summed E-state index contributed by atoms with van der Waals surface area (Å²) in [6.07, 6.45) is -4.90. The van der Waals surface area contributed by atoms with E-state index in [9.17, 15) is 22.8 Å².